The Labute approximate surface area is 111 Å². The van der Waals surface area contributed by atoms with Gasteiger partial charge in [0.2, 0.25) is 0 Å². The molecule has 0 aliphatic carbocycles. The van der Waals surface area contributed by atoms with Gasteiger partial charge in [0, 0.05) is 5.69 Å². The molecule has 0 aliphatic heterocycles. The van der Waals surface area contributed by atoms with Crippen LogP contribution in [0.3, 0.4) is 0 Å². The first kappa shape index (κ1) is 13.0. The van der Waals surface area contributed by atoms with Crippen LogP contribution in [-0.2, 0) is 4.74 Å². The molecule has 0 saturated carbocycles. The van der Waals surface area contributed by atoms with Crippen LogP contribution in [-0.4, -0.2) is 6.16 Å². The highest BCUT2D eigenvalue weighted by Crippen LogP contribution is 2.18. The molecular formula is C15H15NO3. The molecule has 0 spiro atoms. The van der Waals surface area contributed by atoms with Gasteiger partial charge in [-0.2, -0.15) is 0 Å². The van der Waals surface area contributed by atoms with E-state index >= 15 is 0 Å². The van der Waals surface area contributed by atoms with Crippen LogP contribution in [0, 0.1) is 0 Å². The average molecular weight is 257 g/mol. The summed E-state index contributed by atoms with van der Waals surface area (Å²) < 4.78 is 10.2. The van der Waals surface area contributed by atoms with Gasteiger partial charge in [0.05, 0.1) is 0 Å². The number of hydrogen-bond acceptors (Lipinski definition) is 4. The third kappa shape index (κ3) is 3.74. The second kappa shape index (κ2) is 5.91. The van der Waals surface area contributed by atoms with E-state index in [-0.39, 0.29) is 6.10 Å². The predicted molar refractivity (Wildman–Crippen MR) is 72.8 cm³/mol. The number of carbonyl (C=O) groups excluding carboxylic acids is 1. The van der Waals surface area contributed by atoms with Crippen LogP contribution < -0.4 is 10.5 Å². The number of ether oxygens (including phenoxy) is 2. The van der Waals surface area contributed by atoms with E-state index in [0.717, 1.165) is 5.56 Å². The van der Waals surface area contributed by atoms with Gasteiger partial charge in [-0.15, -0.1) is 0 Å². The number of carbonyl (C=O) groups is 1. The Morgan fingerprint density at radius 3 is 2.32 bits per heavy atom. The van der Waals surface area contributed by atoms with Gasteiger partial charge in [-0.3, -0.25) is 0 Å². The van der Waals surface area contributed by atoms with Crippen LogP contribution in [0.4, 0.5) is 10.5 Å². The first-order valence-electron chi connectivity index (χ1n) is 5.94. The molecule has 0 amide bonds. The molecule has 98 valence electrons. The molecule has 0 radical (unpaired) electrons. The molecule has 0 fully saturated rings. The van der Waals surface area contributed by atoms with Gasteiger partial charge in [-0.1, -0.05) is 30.3 Å². The van der Waals surface area contributed by atoms with Crippen molar-refractivity contribution in [1.29, 1.82) is 0 Å². The summed E-state index contributed by atoms with van der Waals surface area (Å²) in [5, 5.41) is 0. The Bertz CT molecular complexity index is 537. The predicted octanol–water partition coefficient (Wildman–Crippen LogP) is 3.55. The fourth-order valence-electron chi connectivity index (χ4n) is 1.59. The lowest BCUT2D eigenvalue weighted by Crippen LogP contribution is -2.13. The molecule has 0 aromatic heterocycles. The molecule has 0 unspecified atom stereocenters. The van der Waals surface area contributed by atoms with Gasteiger partial charge < -0.3 is 15.2 Å². The third-order valence-electron chi connectivity index (χ3n) is 2.62. The molecule has 2 N–H and O–H groups in total. The van der Waals surface area contributed by atoms with E-state index in [9.17, 15) is 4.79 Å². The average Bonchev–Trinajstić information content (AvgIpc) is 2.42. The van der Waals surface area contributed by atoms with E-state index in [0.29, 0.717) is 11.4 Å². The van der Waals surface area contributed by atoms with Crippen LogP contribution in [0.1, 0.15) is 18.6 Å². The number of benzene rings is 2. The standard InChI is InChI=1S/C15H15NO3/c1-11(12-5-3-2-4-6-12)18-15(17)19-14-9-7-13(16)8-10-14/h2-11H,16H2,1H3/t11-/m1/s1. The summed E-state index contributed by atoms with van der Waals surface area (Å²) in [5.41, 5.74) is 7.07. The maximum Gasteiger partial charge on any atom is 0.514 e. The normalized spacial score (nSPS) is 11.6. The Morgan fingerprint density at radius 1 is 1.05 bits per heavy atom. The molecule has 0 aliphatic rings. The van der Waals surface area contributed by atoms with Crippen molar-refractivity contribution in [3.8, 4) is 5.75 Å². The molecule has 19 heavy (non-hydrogen) atoms. The summed E-state index contributed by atoms with van der Waals surface area (Å²) in [6.45, 7) is 1.79. The van der Waals surface area contributed by atoms with Gasteiger partial charge in [-0.05, 0) is 36.8 Å². The van der Waals surface area contributed by atoms with Crippen LogP contribution in [0.5, 0.6) is 5.75 Å². The van der Waals surface area contributed by atoms with Crippen LogP contribution >= 0.6 is 0 Å². The lowest BCUT2D eigenvalue weighted by atomic mass is 10.1. The Morgan fingerprint density at radius 2 is 1.68 bits per heavy atom. The lowest BCUT2D eigenvalue weighted by Gasteiger charge is -2.13. The molecule has 2 aromatic rings. The number of rotatable bonds is 3. The van der Waals surface area contributed by atoms with Crippen molar-refractivity contribution in [2.24, 2.45) is 0 Å². The van der Waals surface area contributed by atoms with Crippen molar-refractivity contribution < 1.29 is 14.3 Å². The van der Waals surface area contributed by atoms with E-state index in [1.807, 2.05) is 30.3 Å². The highest BCUT2D eigenvalue weighted by Gasteiger charge is 2.13. The van der Waals surface area contributed by atoms with E-state index in [2.05, 4.69) is 0 Å². The third-order valence-corrected chi connectivity index (χ3v) is 2.62. The monoisotopic (exact) mass is 257 g/mol. The molecule has 0 bridgehead atoms. The van der Waals surface area contributed by atoms with Crippen molar-refractivity contribution in [3.05, 3.63) is 60.2 Å². The molecule has 0 heterocycles. The zero-order chi connectivity index (χ0) is 13.7. The fraction of sp³-hybridized carbons (Fsp3) is 0.133. The van der Waals surface area contributed by atoms with Gasteiger partial charge in [0.15, 0.2) is 0 Å². The minimum atomic E-state index is -0.735. The summed E-state index contributed by atoms with van der Waals surface area (Å²) in [5.74, 6) is 0.402. The Kier molecular flexibility index (Phi) is 4.03. The molecular weight excluding hydrogens is 242 g/mol. The van der Waals surface area contributed by atoms with Crippen LogP contribution in [0.25, 0.3) is 0 Å². The van der Waals surface area contributed by atoms with Crippen molar-refractivity contribution in [3.63, 3.8) is 0 Å². The van der Waals surface area contributed by atoms with E-state index in [1.165, 1.54) is 0 Å². The lowest BCUT2D eigenvalue weighted by molar-refractivity contribution is 0.0655. The zero-order valence-electron chi connectivity index (χ0n) is 10.6. The Hall–Kier alpha value is -2.49. The summed E-state index contributed by atoms with van der Waals surface area (Å²) in [4.78, 5) is 11.6. The van der Waals surface area contributed by atoms with Gasteiger partial charge in [-0.25, -0.2) is 4.79 Å². The van der Waals surface area contributed by atoms with Crippen molar-refractivity contribution in [2.75, 3.05) is 5.73 Å². The molecule has 2 rings (SSSR count). The maximum atomic E-state index is 11.6. The number of hydrogen-bond donors (Lipinski definition) is 1. The molecule has 2 aromatic carbocycles. The summed E-state index contributed by atoms with van der Waals surface area (Å²) in [7, 11) is 0. The maximum absolute atomic E-state index is 11.6. The van der Waals surface area contributed by atoms with Gasteiger partial charge >= 0.3 is 6.16 Å². The highest BCUT2D eigenvalue weighted by atomic mass is 16.7. The molecule has 4 heteroatoms. The van der Waals surface area contributed by atoms with E-state index in [4.69, 9.17) is 15.2 Å². The summed E-state index contributed by atoms with van der Waals surface area (Å²) in [6.07, 6.45) is -1.09. The minimum absolute atomic E-state index is 0.359. The Balaban J connectivity index is 1.93. The quantitative estimate of drug-likeness (QED) is 0.519. The van der Waals surface area contributed by atoms with Gasteiger partial charge in [0.1, 0.15) is 11.9 Å². The number of nitrogens with two attached hydrogens (primary N) is 1. The van der Waals surface area contributed by atoms with E-state index in [1.54, 1.807) is 31.2 Å². The van der Waals surface area contributed by atoms with Crippen LogP contribution in [0.15, 0.2) is 54.6 Å². The molecule has 4 nitrogen and oxygen atoms in total. The van der Waals surface area contributed by atoms with Crippen molar-refractivity contribution >= 4 is 11.8 Å². The minimum Gasteiger partial charge on any atom is -0.426 e. The molecule has 0 saturated heterocycles. The van der Waals surface area contributed by atoms with E-state index < -0.39 is 6.16 Å². The molecule has 1 atom stereocenters. The second-order valence-corrected chi connectivity index (χ2v) is 4.09. The summed E-state index contributed by atoms with van der Waals surface area (Å²) >= 11 is 0. The zero-order valence-corrected chi connectivity index (χ0v) is 10.6. The fourth-order valence-corrected chi connectivity index (χ4v) is 1.59. The first-order valence-corrected chi connectivity index (χ1v) is 5.94. The highest BCUT2D eigenvalue weighted by molar-refractivity contribution is 5.64. The second-order valence-electron chi connectivity index (χ2n) is 4.09. The SMILES string of the molecule is C[C@@H](OC(=O)Oc1ccc(N)cc1)c1ccccc1. The van der Waals surface area contributed by atoms with Crippen molar-refractivity contribution in [1.82, 2.24) is 0 Å². The first-order chi connectivity index (χ1) is 9.15. The largest absolute Gasteiger partial charge is 0.514 e. The number of nitrogen functional groups attached to an aromatic ring is 1. The smallest absolute Gasteiger partial charge is 0.426 e. The van der Waals surface area contributed by atoms with Crippen LogP contribution in [0.2, 0.25) is 0 Å². The topological polar surface area (TPSA) is 61.5 Å². The number of anilines is 1. The summed E-state index contributed by atoms with van der Waals surface area (Å²) in [6, 6.07) is 16.0. The van der Waals surface area contributed by atoms with Gasteiger partial charge in [0.25, 0.3) is 0 Å². The van der Waals surface area contributed by atoms with Crippen molar-refractivity contribution in [2.45, 2.75) is 13.0 Å².